The first-order valence-corrected chi connectivity index (χ1v) is 11.4. The molecule has 2 aromatic heterocycles. The summed E-state index contributed by atoms with van der Waals surface area (Å²) in [7, 11) is -3.32. The summed E-state index contributed by atoms with van der Waals surface area (Å²) in [4.78, 5) is 24.8. The topological polar surface area (TPSA) is 105 Å². The SMILES string of the molecule is CC(C)S(=O)(=O)c1ccc(-c2cnc3[nH]cc(NC(=O)C4CCCC4)c3n2)cc1. The highest BCUT2D eigenvalue weighted by Gasteiger charge is 2.24. The predicted octanol–water partition coefficient (Wildman–Crippen LogP) is 3.94. The minimum Gasteiger partial charge on any atom is -0.343 e. The molecule has 152 valence electrons. The van der Waals surface area contributed by atoms with Crippen molar-refractivity contribution in [1.82, 2.24) is 15.0 Å². The lowest BCUT2D eigenvalue weighted by Gasteiger charge is -2.10. The summed E-state index contributed by atoms with van der Waals surface area (Å²) in [6.07, 6.45) is 7.39. The summed E-state index contributed by atoms with van der Waals surface area (Å²) in [6.45, 7) is 3.33. The standard InChI is InChI=1S/C21H24N4O3S/c1-13(2)29(27,28)16-9-7-14(8-10-16)17-11-22-20-19(24-17)18(12-23-20)25-21(26)15-5-3-4-6-15/h7-13,15H,3-6H2,1-2H3,(H,22,23)(H,25,26). The maximum atomic E-state index is 12.5. The normalized spacial score (nSPS) is 15.3. The second-order valence-corrected chi connectivity index (χ2v) is 10.2. The highest BCUT2D eigenvalue weighted by atomic mass is 32.2. The van der Waals surface area contributed by atoms with Crippen LogP contribution in [-0.2, 0) is 14.6 Å². The van der Waals surface area contributed by atoms with Crippen molar-refractivity contribution in [2.24, 2.45) is 5.92 Å². The number of hydrogen-bond acceptors (Lipinski definition) is 5. The molecule has 1 aliphatic rings. The first-order valence-electron chi connectivity index (χ1n) is 9.85. The van der Waals surface area contributed by atoms with Gasteiger partial charge in [-0.2, -0.15) is 0 Å². The van der Waals surface area contributed by atoms with E-state index in [1.165, 1.54) is 0 Å². The average Bonchev–Trinajstić information content (AvgIpc) is 3.38. The van der Waals surface area contributed by atoms with E-state index in [1.807, 2.05) is 0 Å². The molecule has 2 N–H and O–H groups in total. The number of rotatable bonds is 5. The quantitative estimate of drug-likeness (QED) is 0.660. The van der Waals surface area contributed by atoms with E-state index in [0.29, 0.717) is 22.5 Å². The molecule has 0 unspecified atom stereocenters. The monoisotopic (exact) mass is 412 g/mol. The van der Waals surface area contributed by atoms with Crippen LogP contribution < -0.4 is 5.32 Å². The molecule has 4 rings (SSSR count). The summed E-state index contributed by atoms with van der Waals surface area (Å²) < 4.78 is 24.6. The number of anilines is 1. The van der Waals surface area contributed by atoms with Crippen molar-refractivity contribution in [3.63, 3.8) is 0 Å². The first-order chi connectivity index (χ1) is 13.9. The van der Waals surface area contributed by atoms with Crippen molar-refractivity contribution in [3.8, 4) is 11.3 Å². The van der Waals surface area contributed by atoms with Crippen LogP contribution in [0.1, 0.15) is 39.5 Å². The van der Waals surface area contributed by atoms with Crippen molar-refractivity contribution >= 4 is 32.6 Å². The smallest absolute Gasteiger partial charge is 0.227 e. The molecule has 1 saturated carbocycles. The summed E-state index contributed by atoms with van der Waals surface area (Å²) in [5.41, 5.74) is 3.17. The van der Waals surface area contributed by atoms with E-state index < -0.39 is 15.1 Å². The van der Waals surface area contributed by atoms with Gasteiger partial charge in [0.1, 0.15) is 5.52 Å². The van der Waals surface area contributed by atoms with Crippen molar-refractivity contribution in [1.29, 1.82) is 0 Å². The molecule has 3 aromatic rings. The van der Waals surface area contributed by atoms with Gasteiger partial charge in [0.25, 0.3) is 0 Å². The number of aromatic amines is 1. The zero-order chi connectivity index (χ0) is 20.6. The number of carbonyl (C=O) groups is 1. The second-order valence-electron chi connectivity index (χ2n) is 7.74. The predicted molar refractivity (Wildman–Crippen MR) is 112 cm³/mol. The molecule has 7 nitrogen and oxygen atoms in total. The van der Waals surface area contributed by atoms with Crippen molar-refractivity contribution in [3.05, 3.63) is 36.7 Å². The van der Waals surface area contributed by atoms with Gasteiger partial charge in [-0.15, -0.1) is 0 Å². The average molecular weight is 413 g/mol. The van der Waals surface area contributed by atoms with Crippen LogP contribution in [0.15, 0.2) is 41.6 Å². The van der Waals surface area contributed by atoms with Gasteiger partial charge in [0.2, 0.25) is 5.91 Å². The summed E-state index contributed by atoms with van der Waals surface area (Å²) >= 11 is 0. The molecule has 8 heteroatoms. The van der Waals surface area contributed by atoms with Crippen molar-refractivity contribution in [2.75, 3.05) is 5.32 Å². The van der Waals surface area contributed by atoms with Gasteiger partial charge in [0.05, 0.1) is 27.7 Å². The largest absolute Gasteiger partial charge is 0.343 e. The van der Waals surface area contributed by atoms with E-state index in [0.717, 1.165) is 31.2 Å². The van der Waals surface area contributed by atoms with E-state index in [4.69, 9.17) is 0 Å². The molecule has 0 aliphatic heterocycles. The Balaban J connectivity index is 1.62. The fourth-order valence-electron chi connectivity index (χ4n) is 3.64. The number of carbonyl (C=O) groups excluding carboxylic acids is 1. The number of nitrogens with zero attached hydrogens (tertiary/aromatic N) is 2. The Morgan fingerprint density at radius 3 is 2.52 bits per heavy atom. The van der Waals surface area contributed by atoms with Gasteiger partial charge >= 0.3 is 0 Å². The van der Waals surface area contributed by atoms with Gasteiger partial charge in [0, 0.05) is 17.7 Å². The third kappa shape index (κ3) is 3.76. The Labute approximate surface area is 169 Å². The molecule has 0 saturated heterocycles. The lowest BCUT2D eigenvalue weighted by molar-refractivity contribution is -0.119. The molecule has 1 aromatic carbocycles. The van der Waals surface area contributed by atoms with Gasteiger partial charge in [0.15, 0.2) is 15.5 Å². The molecule has 0 spiro atoms. The van der Waals surface area contributed by atoms with E-state index in [2.05, 4.69) is 20.3 Å². The van der Waals surface area contributed by atoms with Crippen LogP contribution in [0.4, 0.5) is 5.69 Å². The third-order valence-corrected chi connectivity index (χ3v) is 7.63. The molecule has 1 aliphatic carbocycles. The Morgan fingerprint density at radius 2 is 1.86 bits per heavy atom. The minimum absolute atomic E-state index is 0.0267. The first kappa shape index (κ1) is 19.6. The summed E-state index contributed by atoms with van der Waals surface area (Å²) in [5, 5.41) is 2.50. The van der Waals surface area contributed by atoms with E-state index in [1.54, 1.807) is 50.5 Å². The molecular weight excluding hydrogens is 388 g/mol. The maximum absolute atomic E-state index is 12.5. The van der Waals surface area contributed by atoms with Gasteiger partial charge < -0.3 is 10.3 Å². The number of fused-ring (bicyclic) bond motifs is 1. The van der Waals surface area contributed by atoms with E-state index in [-0.39, 0.29) is 16.7 Å². The zero-order valence-corrected chi connectivity index (χ0v) is 17.3. The van der Waals surface area contributed by atoms with Crippen LogP contribution in [-0.4, -0.2) is 34.5 Å². The van der Waals surface area contributed by atoms with Gasteiger partial charge in [-0.25, -0.2) is 18.4 Å². The number of benzene rings is 1. The van der Waals surface area contributed by atoms with Crippen LogP contribution in [0, 0.1) is 5.92 Å². The lowest BCUT2D eigenvalue weighted by Crippen LogP contribution is -2.20. The minimum atomic E-state index is -3.32. The van der Waals surface area contributed by atoms with Gasteiger partial charge in [-0.1, -0.05) is 25.0 Å². The fourth-order valence-corrected chi connectivity index (χ4v) is 4.70. The Morgan fingerprint density at radius 1 is 1.17 bits per heavy atom. The number of amides is 1. The van der Waals surface area contributed by atoms with E-state index in [9.17, 15) is 13.2 Å². The Kier molecular flexibility index (Phi) is 5.12. The molecule has 2 heterocycles. The summed E-state index contributed by atoms with van der Waals surface area (Å²) in [6, 6.07) is 6.65. The fraction of sp³-hybridized carbons (Fsp3) is 0.381. The zero-order valence-electron chi connectivity index (χ0n) is 16.5. The van der Waals surface area contributed by atoms with Crippen LogP contribution >= 0.6 is 0 Å². The molecule has 0 bridgehead atoms. The van der Waals surface area contributed by atoms with Crippen LogP contribution in [0.2, 0.25) is 0 Å². The number of nitrogens with one attached hydrogen (secondary N) is 2. The third-order valence-electron chi connectivity index (χ3n) is 5.46. The Hall–Kier alpha value is -2.74. The maximum Gasteiger partial charge on any atom is 0.227 e. The molecule has 0 atom stereocenters. The molecule has 29 heavy (non-hydrogen) atoms. The number of hydrogen-bond donors (Lipinski definition) is 2. The highest BCUT2D eigenvalue weighted by Crippen LogP contribution is 2.29. The van der Waals surface area contributed by atoms with Crippen LogP contribution in [0.25, 0.3) is 22.4 Å². The number of sulfone groups is 1. The molecule has 0 radical (unpaired) electrons. The van der Waals surface area contributed by atoms with E-state index >= 15 is 0 Å². The molecule has 1 amide bonds. The Bertz CT molecular complexity index is 1140. The van der Waals surface area contributed by atoms with Crippen LogP contribution in [0.3, 0.4) is 0 Å². The molecule has 1 fully saturated rings. The van der Waals surface area contributed by atoms with Crippen molar-refractivity contribution < 1.29 is 13.2 Å². The second kappa shape index (κ2) is 7.59. The number of H-pyrrole nitrogens is 1. The number of aromatic nitrogens is 3. The van der Waals surface area contributed by atoms with Crippen LogP contribution in [0.5, 0.6) is 0 Å². The highest BCUT2D eigenvalue weighted by molar-refractivity contribution is 7.92. The van der Waals surface area contributed by atoms with Gasteiger partial charge in [-0.05, 0) is 38.8 Å². The lowest BCUT2D eigenvalue weighted by atomic mass is 10.1. The van der Waals surface area contributed by atoms with Crippen molar-refractivity contribution in [2.45, 2.75) is 49.7 Å². The summed E-state index contributed by atoms with van der Waals surface area (Å²) in [5.74, 6) is 0.0883. The molecular formula is C21H24N4O3S. The van der Waals surface area contributed by atoms with Gasteiger partial charge in [-0.3, -0.25) is 4.79 Å².